The molecule has 72 valence electrons. The smallest absolute Gasteiger partial charge is 0.337 e. The summed E-state index contributed by atoms with van der Waals surface area (Å²) in [7, 11) is -0.0633. The monoisotopic (exact) mass is 190 g/mol. The Hall–Kier alpha value is 0.0969. The van der Waals surface area contributed by atoms with Crippen LogP contribution in [0.25, 0.3) is 0 Å². The quantitative estimate of drug-likeness (QED) is 0.470. The van der Waals surface area contributed by atoms with E-state index < -0.39 is 8.56 Å². The van der Waals surface area contributed by atoms with Crippen LogP contribution in [-0.2, 0) is 13.6 Å². The third-order valence-corrected chi connectivity index (χ3v) is 5.98. The lowest BCUT2D eigenvalue weighted by Gasteiger charge is -2.26. The second-order valence-corrected chi connectivity index (χ2v) is 7.02. The summed E-state index contributed by atoms with van der Waals surface area (Å²) in [5.41, 5.74) is 0. The first-order valence-corrected chi connectivity index (χ1v) is 6.80. The summed E-state index contributed by atoms with van der Waals surface area (Å²) in [5, 5.41) is 0. The fraction of sp³-hybridized carbons (Fsp3) is 1.00. The molecular weight excluding hydrogens is 172 g/mol. The molecule has 1 aliphatic rings. The van der Waals surface area contributed by atoms with Gasteiger partial charge in [0.25, 0.3) is 0 Å². The zero-order valence-electron chi connectivity index (χ0n) is 8.13. The molecule has 0 N–H and O–H groups in total. The highest BCUT2D eigenvalue weighted by Crippen LogP contribution is 2.20. The minimum Gasteiger partial charge on any atom is -0.398 e. The van der Waals surface area contributed by atoms with Crippen LogP contribution in [0.3, 0.4) is 0 Å². The molecule has 0 amide bonds. The molecule has 0 aromatic rings. The first kappa shape index (κ1) is 10.2. The van der Waals surface area contributed by atoms with Gasteiger partial charge in [0.2, 0.25) is 0 Å². The molecule has 1 aliphatic heterocycles. The van der Waals surface area contributed by atoms with Crippen molar-refractivity contribution < 1.29 is 13.6 Å². The van der Waals surface area contributed by atoms with Crippen LogP contribution in [0.5, 0.6) is 0 Å². The first-order chi connectivity index (χ1) is 5.76. The van der Waals surface area contributed by atoms with Crippen molar-refractivity contribution in [2.24, 2.45) is 0 Å². The molecule has 1 atom stereocenters. The van der Waals surface area contributed by atoms with E-state index in [0.717, 1.165) is 25.3 Å². The van der Waals surface area contributed by atoms with Gasteiger partial charge in [-0.2, -0.15) is 0 Å². The fourth-order valence-electron chi connectivity index (χ4n) is 1.21. The van der Waals surface area contributed by atoms with Gasteiger partial charge in [-0.25, -0.2) is 0 Å². The van der Waals surface area contributed by atoms with Crippen LogP contribution in [0, 0.1) is 0 Å². The van der Waals surface area contributed by atoms with Crippen LogP contribution in [0.2, 0.25) is 12.1 Å². The van der Waals surface area contributed by atoms with E-state index in [1.807, 2.05) is 0 Å². The van der Waals surface area contributed by atoms with Gasteiger partial charge in [0.1, 0.15) is 6.10 Å². The van der Waals surface area contributed by atoms with Gasteiger partial charge in [0, 0.05) is 7.11 Å². The predicted octanol–water partition coefficient (Wildman–Crippen LogP) is 1.53. The summed E-state index contributed by atoms with van der Waals surface area (Å²) >= 11 is 0. The maximum Gasteiger partial charge on any atom is 0.337 e. The van der Waals surface area contributed by atoms with E-state index in [1.54, 1.807) is 7.11 Å². The molecule has 12 heavy (non-hydrogen) atoms. The number of epoxide rings is 1. The summed E-state index contributed by atoms with van der Waals surface area (Å²) in [6.45, 7) is 5.85. The minimum absolute atomic E-state index is 0.352. The Morgan fingerprint density at radius 1 is 1.42 bits per heavy atom. The number of ether oxygens (including phenoxy) is 1. The Morgan fingerprint density at radius 2 is 2.00 bits per heavy atom. The van der Waals surface area contributed by atoms with Crippen LogP contribution in [0.4, 0.5) is 0 Å². The largest absolute Gasteiger partial charge is 0.398 e. The lowest BCUT2D eigenvalue weighted by molar-refractivity contribution is 0.180. The summed E-state index contributed by atoms with van der Waals surface area (Å²) in [4.78, 5) is 0. The number of rotatable bonds is 6. The van der Waals surface area contributed by atoms with E-state index >= 15 is 0 Å². The molecule has 0 bridgehead atoms. The van der Waals surface area contributed by atoms with Crippen molar-refractivity contribution in [2.45, 2.75) is 32.0 Å². The molecule has 0 aromatic carbocycles. The molecule has 3 nitrogen and oxygen atoms in total. The Bertz CT molecular complexity index is 124. The van der Waals surface area contributed by atoms with E-state index in [1.165, 1.54) is 0 Å². The SMILES string of the molecule is CC[Si](CC)(OC)OCC1CO1. The van der Waals surface area contributed by atoms with Gasteiger partial charge in [0.05, 0.1) is 13.2 Å². The Labute approximate surface area is 75.3 Å². The maximum absolute atomic E-state index is 5.79. The van der Waals surface area contributed by atoms with Gasteiger partial charge in [-0.05, 0) is 12.1 Å². The molecule has 0 spiro atoms. The Morgan fingerprint density at radius 3 is 2.33 bits per heavy atom. The van der Waals surface area contributed by atoms with Crippen LogP contribution in [0.1, 0.15) is 13.8 Å². The minimum atomic E-state index is -1.82. The zero-order valence-corrected chi connectivity index (χ0v) is 9.13. The van der Waals surface area contributed by atoms with Crippen LogP contribution in [-0.4, -0.2) is 35.0 Å². The molecule has 1 rings (SSSR count). The van der Waals surface area contributed by atoms with Gasteiger partial charge in [-0.1, -0.05) is 13.8 Å². The van der Waals surface area contributed by atoms with Crippen molar-refractivity contribution in [3.63, 3.8) is 0 Å². The highest BCUT2D eigenvalue weighted by atomic mass is 28.4. The Balaban J connectivity index is 2.28. The molecular formula is C8H18O3Si. The van der Waals surface area contributed by atoms with Gasteiger partial charge in [-0.15, -0.1) is 0 Å². The first-order valence-electron chi connectivity index (χ1n) is 4.57. The molecule has 0 radical (unpaired) electrons. The second kappa shape index (κ2) is 4.37. The van der Waals surface area contributed by atoms with E-state index in [0.29, 0.717) is 6.10 Å². The molecule has 1 fully saturated rings. The Kier molecular flexibility index (Phi) is 3.70. The van der Waals surface area contributed by atoms with E-state index in [9.17, 15) is 0 Å². The lowest BCUT2D eigenvalue weighted by Crippen LogP contribution is -2.40. The van der Waals surface area contributed by atoms with Gasteiger partial charge >= 0.3 is 8.56 Å². The molecule has 1 saturated heterocycles. The van der Waals surface area contributed by atoms with Crippen molar-refractivity contribution in [1.82, 2.24) is 0 Å². The molecule has 0 saturated carbocycles. The number of hydrogen-bond donors (Lipinski definition) is 0. The van der Waals surface area contributed by atoms with E-state index in [4.69, 9.17) is 13.6 Å². The van der Waals surface area contributed by atoms with Crippen LogP contribution < -0.4 is 0 Å². The topological polar surface area (TPSA) is 31.0 Å². The summed E-state index contributed by atoms with van der Waals surface area (Å²) in [6, 6.07) is 2.04. The van der Waals surface area contributed by atoms with Crippen molar-refractivity contribution in [1.29, 1.82) is 0 Å². The van der Waals surface area contributed by atoms with Crippen LogP contribution >= 0.6 is 0 Å². The molecule has 1 unspecified atom stereocenters. The van der Waals surface area contributed by atoms with Crippen molar-refractivity contribution >= 4 is 8.56 Å². The number of hydrogen-bond acceptors (Lipinski definition) is 3. The van der Waals surface area contributed by atoms with Gasteiger partial charge in [0.15, 0.2) is 0 Å². The fourth-order valence-corrected chi connectivity index (χ4v) is 3.30. The van der Waals surface area contributed by atoms with Gasteiger partial charge < -0.3 is 13.6 Å². The third kappa shape index (κ3) is 2.55. The van der Waals surface area contributed by atoms with Crippen molar-refractivity contribution in [3.8, 4) is 0 Å². The molecule has 4 heteroatoms. The van der Waals surface area contributed by atoms with E-state index in [-0.39, 0.29) is 0 Å². The summed E-state index contributed by atoms with van der Waals surface area (Å²) < 4.78 is 16.3. The van der Waals surface area contributed by atoms with Crippen molar-refractivity contribution in [2.75, 3.05) is 20.3 Å². The maximum atomic E-state index is 5.79. The van der Waals surface area contributed by atoms with Crippen LogP contribution in [0.15, 0.2) is 0 Å². The second-order valence-electron chi connectivity index (χ2n) is 3.09. The normalized spacial score (nSPS) is 22.8. The average molecular weight is 190 g/mol. The highest BCUT2D eigenvalue weighted by molar-refractivity contribution is 6.67. The zero-order chi connectivity index (χ0) is 9.03. The average Bonchev–Trinajstić information content (AvgIpc) is 2.92. The predicted molar refractivity (Wildman–Crippen MR) is 49.4 cm³/mol. The highest BCUT2D eigenvalue weighted by Gasteiger charge is 2.35. The van der Waals surface area contributed by atoms with E-state index in [2.05, 4.69) is 13.8 Å². The summed E-state index contributed by atoms with van der Waals surface area (Å²) in [5.74, 6) is 0. The molecule has 1 heterocycles. The summed E-state index contributed by atoms with van der Waals surface area (Å²) in [6.07, 6.45) is 0.352. The standard InChI is InChI=1S/C8H18O3Si/c1-4-12(5-2,9-3)11-7-8-6-10-8/h8H,4-7H2,1-3H3. The molecule has 0 aliphatic carbocycles. The lowest BCUT2D eigenvalue weighted by atomic mass is 10.5. The molecule has 0 aromatic heterocycles. The van der Waals surface area contributed by atoms with Crippen molar-refractivity contribution in [3.05, 3.63) is 0 Å². The third-order valence-electron chi connectivity index (χ3n) is 2.38. The van der Waals surface area contributed by atoms with Gasteiger partial charge in [-0.3, -0.25) is 0 Å².